The minimum absolute atomic E-state index is 0.0449. The molecule has 2 fully saturated rings. The van der Waals surface area contributed by atoms with Gasteiger partial charge in [-0.15, -0.1) is 11.3 Å². The van der Waals surface area contributed by atoms with Crippen molar-refractivity contribution in [2.24, 2.45) is 5.92 Å². The first-order chi connectivity index (χ1) is 14.1. The van der Waals surface area contributed by atoms with Gasteiger partial charge in [0.15, 0.2) is 0 Å². The summed E-state index contributed by atoms with van der Waals surface area (Å²) in [5.41, 5.74) is 2.45. The predicted molar refractivity (Wildman–Crippen MR) is 116 cm³/mol. The van der Waals surface area contributed by atoms with Crippen LogP contribution in [-0.4, -0.2) is 21.6 Å². The van der Waals surface area contributed by atoms with Gasteiger partial charge in [0.2, 0.25) is 5.91 Å². The van der Waals surface area contributed by atoms with E-state index in [9.17, 15) is 4.79 Å². The molecule has 1 N–H and O–H groups in total. The Labute approximate surface area is 178 Å². The van der Waals surface area contributed by atoms with E-state index in [4.69, 9.17) is 17.0 Å². The van der Waals surface area contributed by atoms with Crippen LogP contribution in [0.5, 0.6) is 0 Å². The first-order valence-electron chi connectivity index (χ1n) is 9.72. The second kappa shape index (κ2) is 7.08. The molecule has 4 nitrogen and oxygen atoms in total. The van der Waals surface area contributed by atoms with Crippen LogP contribution in [0.15, 0.2) is 60.1 Å². The number of carbonyl (C=O) groups excluding carboxylic acids is 1. The van der Waals surface area contributed by atoms with Gasteiger partial charge in [0.1, 0.15) is 10.8 Å². The van der Waals surface area contributed by atoms with Gasteiger partial charge in [-0.1, -0.05) is 48.0 Å². The van der Waals surface area contributed by atoms with Crippen LogP contribution in [0.3, 0.4) is 0 Å². The number of nitrogens with zero attached hydrogens (tertiary/aromatic N) is 2. The Hall–Kier alpha value is -2.50. The minimum Gasteiger partial charge on any atom is -0.293 e. The molecule has 1 amide bonds. The fourth-order valence-electron chi connectivity index (χ4n) is 4.43. The molecule has 2 aromatic carbocycles. The van der Waals surface area contributed by atoms with Crippen molar-refractivity contribution in [3.63, 3.8) is 0 Å². The maximum Gasteiger partial charge on any atom is 0.239 e. The number of nitrogens with one attached hydrogen (secondary N) is 1. The summed E-state index contributed by atoms with van der Waals surface area (Å²) in [6.07, 6.45) is 4.27. The number of amidine groups is 1. The van der Waals surface area contributed by atoms with Crippen LogP contribution in [0.2, 0.25) is 5.02 Å². The number of aromatic nitrogens is 1. The number of thiazole rings is 1. The third-order valence-electron chi connectivity index (χ3n) is 5.99. The molecule has 1 unspecified atom stereocenters. The smallest absolute Gasteiger partial charge is 0.239 e. The van der Waals surface area contributed by atoms with E-state index < -0.39 is 5.41 Å². The molecule has 0 bridgehead atoms. The Bertz CT molecular complexity index is 1090. The highest BCUT2D eigenvalue weighted by Gasteiger charge is 2.58. The molecular formula is C23H20ClN3OS. The Balaban J connectivity index is 1.55. The van der Waals surface area contributed by atoms with Crippen molar-refractivity contribution in [3.05, 3.63) is 75.7 Å². The van der Waals surface area contributed by atoms with Gasteiger partial charge in [-0.05, 0) is 47.6 Å². The van der Waals surface area contributed by atoms with Gasteiger partial charge >= 0.3 is 0 Å². The SMILES string of the molecule is N=C1CC(c2cccc(-c3cccc(Cl)c3)c2)(C2CC2)C(=O)N1Cc1nccs1. The third-order valence-corrected chi connectivity index (χ3v) is 6.99. The molecule has 6 heteroatoms. The van der Waals surface area contributed by atoms with Gasteiger partial charge in [-0.2, -0.15) is 0 Å². The van der Waals surface area contributed by atoms with Crippen LogP contribution in [0, 0.1) is 11.3 Å². The van der Waals surface area contributed by atoms with E-state index in [1.807, 2.05) is 47.8 Å². The number of hydrogen-bond acceptors (Lipinski definition) is 4. The molecule has 5 rings (SSSR count). The monoisotopic (exact) mass is 421 g/mol. The molecule has 1 saturated carbocycles. The Morgan fingerprint density at radius 3 is 2.62 bits per heavy atom. The molecule has 2 aliphatic rings. The van der Waals surface area contributed by atoms with Gasteiger partial charge in [0, 0.05) is 23.0 Å². The minimum atomic E-state index is -0.636. The van der Waals surface area contributed by atoms with Crippen LogP contribution in [0.4, 0.5) is 0 Å². The predicted octanol–water partition coefficient (Wildman–Crippen LogP) is 5.52. The summed E-state index contributed by atoms with van der Waals surface area (Å²) in [5.74, 6) is 0.736. The van der Waals surface area contributed by atoms with E-state index >= 15 is 0 Å². The lowest BCUT2D eigenvalue weighted by molar-refractivity contribution is -0.132. The average Bonchev–Trinajstić information content (AvgIpc) is 3.39. The second-order valence-electron chi connectivity index (χ2n) is 7.78. The highest BCUT2D eigenvalue weighted by atomic mass is 35.5. The highest BCUT2D eigenvalue weighted by Crippen LogP contribution is 2.54. The van der Waals surface area contributed by atoms with Crippen molar-refractivity contribution in [2.45, 2.75) is 31.2 Å². The van der Waals surface area contributed by atoms with Gasteiger partial charge in [-0.3, -0.25) is 15.1 Å². The molecule has 1 atom stereocenters. The lowest BCUT2D eigenvalue weighted by Gasteiger charge is -2.28. The largest absolute Gasteiger partial charge is 0.293 e. The summed E-state index contributed by atoms with van der Waals surface area (Å²) >= 11 is 7.71. The lowest BCUT2D eigenvalue weighted by Crippen LogP contribution is -2.39. The molecule has 1 aliphatic carbocycles. The Morgan fingerprint density at radius 2 is 1.93 bits per heavy atom. The number of carbonyl (C=O) groups is 1. The van der Waals surface area contributed by atoms with Crippen molar-refractivity contribution < 1.29 is 4.79 Å². The zero-order valence-corrected chi connectivity index (χ0v) is 17.3. The van der Waals surface area contributed by atoms with E-state index in [0.717, 1.165) is 34.5 Å². The van der Waals surface area contributed by atoms with Crippen LogP contribution < -0.4 is 0 Å². The first-order valence-corrected chi connectivity index (χ1v) is 11.0. The first kappa shape index (κ1) is 18.5. The van der Waals surface area contributed by atoms with Gasteiger partial charge in [0.05, 0.1) is 12.0 Å². The van der Waals surface area contributed by atoms with Crippen LogP contribution in [0.1, 0.15) is 29.8 Å². The maximum absolute atomic E-state index is 13.7. The molecule has 1 saturated heterocycles. The molecule has 0 radical (unpaired) electrons. The van der Waals surface area contributed by atoms with Gasteiger partial charge < -0.3 is 0 Å². The van der Waals surface area contributed by atoms with Crippen LogP contribution >= 0.6 is 22.9 Å². The number of benzene rings is 2. The second-order valence-corrected chi connectivity index (χ2v) is 9.19. The Morgan fingerprint density at radius 1 is 1.17 bits per heavy atom. The molecule has 2 heterocycles. The fourth-order valence-corrected chi connectivity index (χ4v) is 5.23. The third kappa shape index (κ3) is 3.18. The normalized spacial score (nSPS) is 21.8. The summed E-state index contributed by atoms with van der Waals surface area (Å²) in [6.45, 7) is 0.387. The molecule has 1 aliphatic heterocycles. The van der Waals surface area contributed by atoms with Gasteiger partial charge in [0.25, 0.3) is 0 Å². The zero-order chi connectivity index (χ0) is 20.0. The van der Waals surface area contributed by atoms with E-state index in [-0.39, 0.29) is 5.91 Å². The van der Waals surface area contributed by atoms with Crippen molar-refractivity contribution >= 4 is 34.7 Å². The molecule has 146 valence electrons. The Kier molecular flexibility index (Phi) is 4.52. The number of hydrogen-bond donors (Lipinski definition) is 1. The summed E-state index contributed by atoms with van der Waals surface area (Å²) < 4.78 is 0. The molecule has 0 spiro atoms. The number of halogens is 1. The molecule has 3 aromatic rings. The van der Waals surface area contributed by atoms with Gasteiger partial charge in [-0.25, -0.2) is 4.98 Å². The quantitative estimate of drug-likeness (QED) is 0.589. The average molecular weight is 422 g/mol. The number of likely N-dealkylation sites (tertiary alicyclic amines) is 1. The standard InChI is InChI=1S/C23H20ClN3OS/c24-19-6-2-4-16(12-19)15-3-1-5-18(11-15)23(17-7-8-17)13-20(25)27(22(23)28)14-21-26-9-10-29-21/h1-6,9-12,17,25H,7-8,13-14H2. The van der Waals surface area contributed by atoms with Crippen LogP contribution in [-0.2, 0) is 16.8 Å². The van der Waals surface area contributed by atoms with Crippen molar-refractivity contribution in [3.8, 4) is 11.1 Å². The summed E-state index contributed by atoms with van der Waals surface area (Å²) in [5, 5.41) is 12.0. The van der Waals surface area contributed by atoms with Crippen molar-refractivity contribution in [1.82, 2.24) is 9.88 Å². The highest BCUT2D eigenvalue weighted by molar-refractivity contribution is 7.09. The van der Waals surface area contributed by atoms with Crippen LogP contribution in [0.25, 0.3) is 11.1 Å². The number of amides is 1. The fraction of sp³-hybridized carbons (Fsp3) is 0.261. The van der Waals surface area contributed by atoms with E-state index in [1.165, 1.54) is 11.3 Å². The maximum atomic E-state index is 13.7. The molecule has 1 aromatic heterocycles. The van der Waals surface area contributed by atoms with E-state index in [2.05, 4.69) is 11.1 Å². The van der Waals surface area contributed by atoms with E-state index in [0.29, 0.717) is 29.7 Å². The summed E-state index contributed by atoms with van der Waals surface area (Å²) in [7, 11) is 0. The zero-order valence-electron chi connectivity index (χ0n) is 15.8. The van der Waals surface area contributed by atoms with E-state index in [1.54, 1.807) is 11.1 Å². The summed E-state index contributed by atoms with van der Waals surface area (Å²) in [6, 6.07) is 16.0. The topological polar surface area (TPSA) is 57.1 Å². The lowest BCUT2D eigenvalue weighted by atomic mass is 9.74. The number of rotatable bonds is 5. The van der Waals surface area contributed by atoms with Crippen molar-refractivity contribution in [2.75, 3.05) is 0 Å². The van der Waals surface area contributed by atoms with Crippen molar-refractivity contribution in [1.29, 1.82) is 5.41 Å². The summed E-state index contributed by atoms with van der Waals surface area (Å²) in [4.78, 5) is 19.6. The molecule has 29 heavy (non-hydrogen) atoms. The molecular weight excluding hydrogens is 402 g/mol.